The molecule has 1 spiro atoms. The van der Waals surface area contributed by atoms with Crippen molar-refractivity contribution in [2.45, 2.75) is 49.7 Å². The van der Waals surface area contributed by atoms with Crippen molar-refractivity contribution in [3.8, 4) is 5.69 Å². The molecule has 1 saturated carbocycles. The van der Waals surface area contributed by atoms with Gasteiger partial charge < -0.3 is 9.64 Å². The van der Waals surface area contributed by atoms with Crippen molar-refractivity contribution in [1.29, 1.82) is 0 Å². The van der Waals surface area contributed by atoms with Crippen molar-refractivity contribution in [1.82, 2.24) is 19.7 Å². The second-order valence-electron chi connectivity index (χ2n) is 11.6. The van der Waals surface area contributed by atoms with Gasteiger partial charge in [-0.2, -0.15) is 26.3 Å². The predicted octanol–water partition coefficient (Wildman–Crippen LogP) is 6.11. The highest BCUT2D eigenvalue weighted by atomic mass is 35.5. The summed E-state index contributed by atoms with van der Waals surface area (Å²) in [5, 5.41) is 9.10. The number of ether oxygens (including phenoxy) is 1. The lowest BCUT2D eigenvalue weighted by Crippen LogP contribution is -2.69. The molecule has 1 aliphatic carbocycles. The molecule has 1 aromatic heterocycles. The van der Waals surface area contributed by atoms with Gasteiger partial charge in [-0.1, -0.05) is 17.7 Å². The molecule has 14 heteroatoms. The third kappa shape index (κ3) is 4.06. The van der Waals surface area contributed by atoms with Crippen LogP contribution in [0.5, 0.6) is 0 Å². The van der Waals surface area contributed by atoms with Crippen molar-refractivity contribution >= 4 is 17.3 Å². The Morgan fingerprint density at radius 1 is 0.927 bits per heavy atom. The van der Waals surface area contributed by atoms with Gasteiger partial charge in [0.1, 0.15) is 5.82 Å². The van der Waals surface area contributed by atoms with Gasteiger partial charge in [0.05, 0.1) is 36.7 Å². The zero-order chi connectivity index (χ0) is 28.9. The summed E-state index contributed by atoms with van der Waals surface area (Å²) in [6, 6.07) is 8.36. The molecule has 3 aromatic rings. The molecule has 41 heavy (non-hydrogen) atoms. The second kappa shape index (κ2) is 8.81. The Labute approximate surface area is 234 Å². The summed E-state index contributed by atoms with van der Waals surface area (Å²) in [6.07, 6.45) is -8.00. The Bertz CT molecular complexity index is 1520. The first-order valence-corrected chi connectivity index (χ1v) is 13.4. The highest BCUT2D eigenvalue weighted by Crippen LogP contribution is 2.57. The van der Waals surface area contributed by atoms with E-state index in [1.165, 1.54) is 17.0 Å². The Kier molecular flexibility index (Phi) is 5.79. The second-order valence-corrected chi connectivity index (χ2v) is 12.0. The molecule has 0 amide bonds. The van der Waals surface area contributed by atoms with Crippen LogP contribution >= 0.6 is 11.6 Å². The zero-order valence-corrected chi connectivity index (χ0v) is 22.1. The van der Waals surface area contributed by atoms with Crippen molar-refractivity contribution in [3.63, 3.8) is 0 Å². The van der Waals surface area contributed by atoms with Crippen LogP contribution in [0.3, 0.4) is 0 Å². The first-order chi connectivity index (χ1) is 19.3. The van der Waals surface area contributed by atoms with Crippen LogP contribution < -0.4 is 4.90 Å². The first-order valence-electron chi connectivity index (χ1n) is 13.0. The van der Waals surface area contributed by atoms with Crippen LogP contribution in [0.1, 0.15) is 41.5 Å². The molecule has 0 bridgehead atoms. The molecule has 0 N–H and O–H groups in total. The van der Waals surface area contributed by atoms with Crippen LogP contribution in [0.15, 0.2) is 36.4 Å². The molecule has 0 radical (unpaired) electrons. The molecule has 3 aliphatic heterocycles. The van der Waals surface area contributed by atoms with Gasteiger partial charge in [0.15, 0.2) is 17.2 Å². The fraction of sp³-hybridized carbons (Fsp3) is 0.481. The van der Waals surface area contributed by atoms with Crippen LogP contribution in [0.25, 0.3) is 5.69 Å². The van der Waals surface area contributed by atoms with E-state index in [2.05, 4.69) is 10.2 Å². The fourth-order valence-corrected chi connectivity index (χ4v) is 6.95. The Morgan fingerprint density at radius 2 is 1.66 bits per heavy atom. The molecule has 2 aromatic carbocycles. The minimum atomic E-state index is -4.78. The van der Waals surface area contributed by atoms with Gasteiger partial charge >= 0.3 is 12.4 Å². The van der Waals surface area contributed by atoms with E-state index in [0.29, 0.717) is 53.9 Å². The van der Waals surface area contributed by atoms with Gasteiger partial charge in [0, 0.05) is 36.0 Å². The number of hydrogen-bond acceptors (Lipinski definition) is 5. The quantitative estimate of drug-likeness (QED) is 0.339. The minimum absolute atomic E-state index is 0.00627. The van der Waals surface area contributed by atoms with Crippen LogP contribution in [0.2, 0.25) is 5.02 Å². The van der Waals surface area contributed by atoms with E-state index in [1.807, 2.05) is 4.57 Å². The number of halogens is 8. The van der Waals surface area contributed by atoms with Gasteiger partial charge in [-0.05, 0) is 48.7 Å². The molecule has 3 fully saturated rings. The number of benzene rings is 2. The molecule has 0 unspecified atom stereocenters. The van der Waals surface area contributed by atoms with Crippen LogP contribution in [0, 0.1) is 11.2 Å². The largest absolute Gasteiger partial charge is 0.419 e. The van der Waals surface area contributed by atoms with Crippen molar-refractivity contribution in [2.24, 2.45) is 5.41 Å². The number of hydrogen-bond donors (Lipinski definition) is 0. The maximum Gasteiger partial charge on any atom is 0.419 e. The Hall–Kier alpha value is -2.90. The average Bonchev–Trinajstić information content (AvgIpc) is 3.11. The maximum atomic E-state index is 14.7. The van der Waals surface area contributed by atoms with Crippen molar-refractivity contribution in [3.05, 3.63) is 70.0 Å². The smallest absolute Gasteiger partial charge is 0.377 e. The molecule has 4 heterocycles. The number of rotatable bonds is 3. The number of aromatic nitrogens is 3. The van der Waals surface area contributed by atoms with E-state index < -0.39 is 42.5 Å². The summed E-state index contributed by atoms with van der Waals surface area (Å²) in [6.45, 7) is -0.243. The summed E-state index contributed by atoms with van der Waals surface area (Å²) >= 11 is 6.25. The minimum Gasteiger partial charge on any atom is -0.377 e. The molecule has 7 rings (SSSR count). The molecule has 4 aliphatic rings. The van der Waals surface area contributed by atoms with E-state index in [9.17, 15) is 30.7 Å². The third-order valence-electron chi connectivity index (χ3n) is 8.95. The van der Waals surface area contributed by atoms with E-state index in [-0.39, 0.29) is 30.1 Å². The Balaban J connectivity index is 1.14. The summed E-state index contributed by atoms with van der Waals surface area (Å²) in [4.78, 5) is 2.94. The SMILES string of the molecule is Fc1c(N2CC3(CC(c4nnc5n4-c4ccc(Cl)cc4CN(C4(C(F)(F)F)COC4)C5)C3)C2)cccc1C(F)(F)F. The monoisotopic (exact) mass is 601 g/mol. The van der Waals surface area contributed by atoms with Gasteiger partial charge in [-0.25, -0.2) is 4.39 Å². The summed E-state index contributed by atoms with van der Waals surface area (Å²) < 4.78 is 104. The van der Waals surface area contributed by atoms with E-state index in [4.69, 9.17) is 16.3 Å². The molecule has 218 valence electrons. The zero-order valence-electron chi connectivity index (χ0n) is 21.4. The molecule has 0 atom stereocenters. The predicted molar refractivity (Wildman–Crippen MR) is 133 cm³/mol. The van der Waals surface area contributed by atoms with E-state index in [1.54, 1.807) is 23.1 Å². The van der Waals surface area contributed by atoms with Crippen molar-refractivity contribution in [2.75, 3.05) is 31.2 Å². The van der Waals surface area contributed by atoms with Crippen LogP contribution in [0.4, 0.5) is 36.4 Å². The highest BCUT2D eigenvalue weighted by Gasteiger charge is 2.64. The topological polar surface area (TPSA) is 46.4 Å². The summed E-state index contributed by atoms with van der Waals surface area (Å²) in [5.41, 5.74) is -2.44. The Morgan fingerprint density at radius 3 is 2.29 bits per heavy atom. The van der Waals surface area contributed by atoms with Gasteiger partial charge in [0.2, 0.25) is 0 Å². The number of fused-ring (bicyclic) bond motifs is 3. The number of alkyl halides is 6. The lowest BCUT2D eigenvalue weighted by Gasteiger charge is -2.59. The fourth-order valence-electron chi connectivity index (χ4n) is 6.76. The van der Waals surface area contributed by atoms with Gasteiger partial charge in [-0.3, -0.25) is 9.47 Å². The normalized spacial score (nSPS) is 21.9. The molecule has 2 saturated heterocycles. The lowest BCUT2D eigenvalue weighted by atomic mass is 9.57. The first kappa shape index (κ1) is 27.0. The number of anilines is 1. The van der Waals surface area contributed by atoms with Crippen LogP contribution in [-0.2, 0) is 24.0 Å². The highest BCUT2D eigenvalue weighted by molar-refractivity contribution is 6.30. The third-order valence-corrected chi connectivity index (χ3v) is 9.18. The van der Waals surface area contributed by atoms with Gasteiger partial charge in [0.25, 0.3) is 0 Å². The molecular weight excluding hydrogens is 579 g/mol. The maximum absolute atomic E-state index is 14.7. The van der Waals surface area contributed by atoms with E-state index >= 15 is 0 Å². The molecular formula is C27H23ClF7N5O. The van der Waals surface area contributed by atoms with Crippen LogP contribution in [-0.4, -0.2) is 57.7 Å². The standard InChI is InChI=1S/C27H23ClF7N5O/c28-17-4-5-19-15(6-17)9-39(25(13-41-14-25)27(33,34)35)10-21-36-37-23(40(19)21)16-7-24(8-16)11-38(12-24)20-3-1-2-18(22(20)29)26(30,31)32/h1-6,16H,7-14H2. The lowest BCUT2D eigenvalue weighted by molar-refractivity contribution is -0.310. The van der Waals surface area contributed by atoms with Crippen molar-refractivity contribution < 1.29 is 35.5 Å². The number of nitrogens with zero attached hydrogens (tertiary/aromatic N) is 5. The average molecular weight is 602 g/mol. The summed E-state index contributed by atoms with van der Waals surface area (Å²) in [5.74, 6) is -0.352. The van der Waals surface area contributed by atoms with Gasteiger partial charge in [-0.15, -0.1) is 10.2 Å². The molecule has 6 nitrogen and oxygen atoms in total. The van der Waals surface area contributed by atoms with E-state index in [0.717, 1.165) is 6.07 Å². The summed E-state index contributed by atoms with van der Waals surface area (Å²) in [7, 11) is 0.